The van der Waals surface area contributed by atoms with E-state index in [1.165, 1.54) is 0 Å². The Labute approximate surface area is 189 Å². The van der Waals surface area contributed by atoms with Gasteiger partial charge in [-0.1, -0.05) is 38.1 Å². The topological polar surface area (TPSA) is 99.1 Å². The zero-order valence-corrected chi connectivity index (χ0v) is 18.9. The molecule has 2 aliphatic rings. The maximum atomic E-state index is 13.1. The molecule has 174 valence electrons. The van der Waals surface area contributed by atoms with Crippen LogP contribution in [0, 0.1) is 5.92 Å². The molecule has 4 atom stereocenters. The van der Waals surface area contributed by atoms with Gasteiger partial charge in [0.2, 0.25) is 11.8 Å². The summed E-state index contributed by atoms with van der Waals surface area (Å²) in [6.07, 6.45) is 3.37. The first-order valence-electron chi connectivity index (χ1n) is 11.3. The maximum absolute atomic E-state index is 13.1. The van der Waals surface area contributed by atoms with Crippen molar-refractivity contribution in [1.82, 2.24) is 10.2 Å². The average molecular weight is 443 g/mol. The first-order chi connectivity index (χ1) is 15.4. The predicted octanol–water partition coefficient (Wildman–Crippen LogP) is 2.15. The monoisotopic (exact) mass is 442 g/mol. The Morgan fingerprint density at radius 2 is 2.06 bits per heavy atom. The number of ether oxygens (including phenoxy) is 1. The molecule has 3 N–H and O–H groups in total. The lowest BCUT2D eigenvalue weighted by Crippen LogP contribution is -2.56. The van der Waals surface area contributed by atoms with Gasteiger partial charge in [-0.3, -0.25) is 9.59 Å². The van der Waals surface area contributed by atoms with Gasteiger partial charge in [-0.15, -0.1) is 6.58 Å². The fourth-order valence-electron chi connectivity index (χ4n) is 4.40. The summed E-state index contributed by atoms with van der Waals surface area (Å²) in [5.74, 6) is 0.158. The van der Waals surface area contributed by atoms with E-state index in [0.29, 0.717) is 36.6 Å². The number of carbonyl (C=O) groups is 2. The standard InChI is InChI=1S/C25H34N2O5/c1-4-5-10-21(29)27(13-11-16(2)3)19-15-18(25(31)26-12-14-28)22-17-8-6-7-9-20(17)32-24(22)23(19)30/h4,6-9,15-16,19,22-24,28,30H,1,5,10-14H2,2-3H3,(H,26,31)/t19-,22+,23+,24+/m1/s1. The second kappa shape index (κ2) is 10.8. The first kappa shape index (κ1) is 24.0. The highest BCUT2D eigenvalue weighted by Crippen LogP contribution is 2.47. The molecule has 1 aliphatic heterocycles. The number of carbonyl (C=O) groups excluding carboxylic acids is 2. The molecule has 1 aromatic carbocycles. The van der Waals surface area contributed by atoms with E-state index in [2.05, 4.69) is 25.7 Å². The summed E-state index contributed by atoms with van der Waals surface area (Å²) in [6, 6.07) is 6.76. The molecule has 32 heavy (non-hydrogen) atoms. The molecule has 0 saturated carbocycles. The van der Waals surface area contributed by atoms with Crippen molar-refractivity contribution in [3.05, 3.63) is 54.1 Å². The average Bonchev–Trinajstić information content (AvgIpc) is 3.17. The number of para-hydroxylation sites is 1. The zero-order valence-electron chi connectivity index (χ0n) is 18.9. The molecule has 0 spiro atoms. The molecular weight excluding hydrogens is 408 g/mol. The molecule has 0 unspecified atom stereocenters. The van der Waals surface area contributed by atoms with Crippen LogP contribution in [-0.2, 0) is 9.59 Å². The van der Waals surface area contributed by atoms with Crippen LogP contribution in [-0.4, -0.2) is 64.9 Å². The molecule has 0 aromatic heterocycles. The minimum atomic E-state index is -0.985. The van der Waals surface area contributed by atoms with Crippen molar-refractivity contribution in [3.8, 4) is 5.75 Å². The smallest absolute Gasteiger partial charge is 0.247 e. The molecule has 1 aliphatic carbocycles. The fraction of sp³-hybridized carbons (Fsp3) is 0.520. The van der Waals surface area contributed by atoms with Gasteiger partial charge in [-0.05, 0) is 30.9 Å². The van der Waals surface area contributed by atoms with Crippen molar-refractivity contribution in [3.63, 3.8) is 0 Å². The highest BCUT2D eigenvalue weighted by Gasteiger charge is 2.50. The molecular formula is C25H34N2O5. The summed E-state index contributed by atoms with van der Waals surface area (Å²) in [7, 11) is 0. The van der Waals surface area contributed by atoms with E-state index in [0.717, 1.165) is 12.0 Å². The summed E-state index contributed by atoms with van der Waals surface area (Å²) in [5, 5.41) is 23.2. The lowest BCUT2D eigenvalue weighted by atomic mass is 9.77. The number of fused-ring (bicyclic) bond motifs is 3. The Bertz CT molecular complexity index is 866. The van der Waals surface area contributed by atoms with E-state index in [1.54, 1.807) is 17.1 Å². The second-order valence-electron chi connectivity index (χ2n) is 8.78. The number of aliphatic hydroxyl groups is 2. The number of aliphatic hydroxyl groups excluding tert-OH is 2. The summed E-state index contributed by atoms with van der Waals surface area (Å²) in [5.41, 5.74) is 1.29. The fourth-order valence-corrected chi connectivity index (χ4v) is 4.40. The third-order valence-corrected chi connectivity index (χ3v) is 6.07. The van der Waals surface area contributed by atoms with Crippen LogP contribution in [0.25, 0.3) is 0 Å². The van der Waals surface area contributed by atoms with Gasteiger partial charge in [-0.2, -0.15) is 0 Å². The van der Waals surface area contributed by atoms with E-state index in [9.17, 15) is 14.7 Å². The normalized spacial score (nSPS) is 23.6. The van der Waals surface area contributed by atoms with Gasteiger partial charge in [0.1, 0.15) is 18.0 Å². The number of amides is 2. The van der Waals surface area contributed by atoms with Gasteiger partial charge in [0.15, 0.2) is 0 Å². The lowest BCUT2D eigenvalue weighted by Gasteiger charge is -2.41. The molecule has 7 heteroatoms. The van der Waals surface area contributed by atoms with Gasteiger partial charge in [0.25, 0.3) is 0 Å². The van der Waals surface area contributed by atoms with Gasteiger partial charge >= 0.3 is 0 Å². The highest BCUT2D eigenvalue weighted by molar-refractivity contribution is 5.96. The summed E-state index contributed by atoms with van der Waals surface area (Å²) in [4.78, 5) is 27.8. The van der Waals surface area contributed by atoms with E-state index in [-0.39, 0.29) is 25.0 Å². The van der Waals surface area contributed by atoms with Gasteiger partial charge in [-0.25, -0.2) is 0 Å². The van der Waals surface area contributed by atoms with Crippen LogP contribution in [0.15, 0.2) is 48.6 Å². The van der Waals surface area contributed by atoms with Gasteiger partial charge in [0.05, 0.1) is 18.6 Å². The van der Waals surface area contributed by atoms with E-state index in [1.807, 2.05) is 24.3 Å². The van der Waals surface area contributed by atoms with Crippen molar-refractivity contribution in [2.45, 2.75) is 57.3 Å². The van der Waals surface area contributed by atoms with Gasteiger partial charge < -0.3 is 25.2 Å². The Kier molecular flexibility index (Phi) is 8.10. The molecule has 0 bridgehead atoms. The first-order valence-corrected chi connectivity index (χ1v) is 11.3. The molecule has 2 amide bonds. The van der Waals surface area contributed by atoms with Crippen LogP contribution >= 0.6 is 0 Å². The van der Waals surface area contributed by atoms with Crippen molar-refractivity contribution in [2.75, 3.05) is 19.7 Å². The minimum Gasteiger partial charge on any atom is -0.486 e. The lowest BCUT2D eigenvalue weighted by molar-refractivity contribution is -0.137. The number of hydrogen-bond acceptors (Lipinski definition) is 5. The largest absolute Gasteiger partial charge is 0.486 e. The van der Waals surface area contributed by atoms with Crippen molar-refractivity contribution < 1.29 is 24.5 Å². The number of nitrogens with zero attached hydrogens (tertiary/aromatic N) is 1. The number of rotatable bonds is 10. The van der Waals surface area contributed by atoms with Crippen LogP contribution in [0.4, 0.5) is 0 Å². The Balaban J connectivity index is 2.00. The van der Waals surface area contributed by atoms with Crippen LogP contribution in [0.5, 0.6) is 5.75 Å². The van der Waals surface area contributed by atoms with Crippen molar-refractivity contribution in [1.29, 1.82) is 0 Å². The Hall–Kier alpha value is -2.64. The Morgan fingerprint density at radius 3 is 2.75 bits per heavy atom. The van der Waals surface area contributed by atoms with Crippen LogP contribution in [0.1, 0.15) is 44.6 Å². The molecule has 0 radical (unpaired) electrons. The summed E-state index contributed by atoms with van der Waals surface area (Å²) in [6.45, 7) is 8.29. The SMILES string of the molecule is C=CCCC(=O)N(CCC(C)C)[C@@H]1C=C(C(=O)NCCO)[C@@H]2c3ccccc3O[C@@H]2[C@H]1O. The number of hydrogen-bond donors (Lipinski definition) is 3. The quantitative estimate of drug-likeness (QED) is 0.482. The van der Waals surface area contributed by atoms with Gasteiger partial charge in [0, 0.05) is 30.6 Å². The number of benzene rings is 1. The third kappa shape index (κ3) is 5.05. The number of nitrogens with one attached hydrogen (secondary N) is 1. The van der Waals surface area contributed by atoms with E-state index >= 15 is 0 Å². The third-order valence-electron chi connectivity index (χ3n) is 6.07. The molecule has 3 rings (SSSR count). The molecule has 0 fully saturated rings. The highest BCUT2D eigenvalue weighted by atomic mass is 16.5. The van der Waals surface area contributed by atoms with E-state index in [4.69, 9.17) is 9.84 Å². The van der Waals surface area contributed by atoms with Crippen molar-refractivity contribution in [2.24, 2.45) is 5.92 Å². The molecule has 0 saturated heterocycles. The second-order valence-corrected chi connectivity index (χ2v) is 8.78. The van der Waals surface area contributed by atoms with E-state index < -0.39 is 24.2 Å². The van der Waals surface area contributed by atoms with Crippen LogP contribution < -0.4 is 10.1 Å². The number of allylic oxidation sites excluding steroid dienone is 1. The zero-order chi connectivity index (χ0) is 23.3. The maximum Gasteiger partial charge on any atom is 0.247 e. The van der Waals surface area contributed by atoms with Crippen LogP contribution in [0.3, 0.4) is 0 Å². The Morgan fingerprint density at radius 1 is 1.31 bits per heavy atom. The molecule has 7 nitrogen and oxygen atoms in total. The minimum absolute atomic E-state index is 0.0880. The van der Waals surface area contributed by atoms with Crippen LogP contribution in [0.2, 0.25) is 0 Å². The molecule has 1 aromatic rings. The van der Waals surface area contributed by atoms with Crippen molar-refractivity contribution >= 4 is 11.8 Å². The predicted molar refractivity (Wildman–Crippen MR) is 122 cm³/mol. The molecule has 1 heterocycles. The summed E-state index contributed by atoms with van der Waals surface area (Å²) >= 11 is 0. The summed E-state index contributed by atoms with van der Waals surface area (Å²) < 4.78 is 6.10.